The van der Waals surface area contributed by atoms with Gasteiger partial charge in [-0.25, -0.2) is 0 Å². The molecule has 0 spiro atoms. The van der Waals surface area contributed by atoms with E-state index in [1.54, 1.807) is 0 Å². The van der Waals surface area contributed by atoms with Gasteiger partial charge in [-0.3, -0.25) is 0 Å². The summed E-state index contributed by atoms with van der Waals surface area (Å²) in [7, 11) is 0. The van der Waals surface area contributed by atoms with E-state index in [1.807, 2.05) is 19.1 Å². The third kappa shape index (κ3) is 2.96. The van der Waals surface area contributed by atoms with Crippen LogP contribution in [-0.2, 0) is 5.41 Å². The molecule has 1 aromatic carbocycles. The standard InChI is InChI=1S/C16H20/c1-13(2)11-12-14(3)16(4,5)15-9-7-6-8-10-15/h6-12H,1,3H2,2,4-5H3/b12-11-. The van der Waals surface area contributed by atoms with Crippen LogP contribution in [0.1, 0.15) is 26.3 Å². The summed E-state index contributed by atoms with van der Waals surface area (Å²) in [5.41, 5.74) is 3.39. The molecule has 0 bridgehead atoms. The Hall–Kier alpha value is -1.56. The molecule has 0 N–H and O–H groups in total. The molecule has 0 aliphatic carbocycles. The van der Waals surface area contributed by atoms with E-state index in [9.17, 15) is 0 Å². The Labute approximate surface area is 99.0 Å². The summed E-state index contributed by atoms with van der Waals surface area (Å²) in [4.78, 5) is 0. The highest BCUT2D eigenvalue weighted by Gasteiger charge is 2.21. The summed E-state index contributed by atoms with van der Waals surface area (Å²) in [6, 6.07) is 10.4. The van der Waals surface area contributed by atoms with Crippen molar-refractivity contribution in [2.45, 2.75) is 26.2 Å². The molecule has 0 aromatic heterocycles. The van der Waals surface area contributed by atoms with Crippen LogP contribution in [-0.4, -0.2) is 0 Å². The molecule has 0 saturated carbocycles. The number of allylic oxidation sites excluding steroid dienone is 4. The average Bonchev–Trinajstić information content (AvgIpc) is 2.27. The van der Waals surface area contributed by atoms with E-state index in [4.69, 9.17) is 0 Å². The van der Waals surface area contributed by atoms with Crippen LogP contribution in [0.15, 0.2) is 66.8 Å². The van der Waals surface area contributed by atoms with Crippen molar-refractivity contribution in [1.82, 2.24) is 0 Å². The molecule has 0 fully saturated rings. The molecule has 16 heavy (non-hydrogen) atoms. The lowest BCUT2D eigenvalue weighted by Gasteiger charge is -2.26. The van der Waals surface area contributed by atoms with Crippen LogP contribution in [0.25, 0.3) is 0 Å². The van der Waals surface area contributed by atoms with Crippen molar-refractivity contribution in [2.24, 2.45) is 0 Å². The van der Waals surface area contributed by atoms with Gasteiger partial charge in [-0.1, -0.05) is 75.1 Å². The molecule has 0 unspecified atom stereocenters. The summed E-state index contributed by atoms with van der Waals surface area (Å²) in [5, 5.41) is 0. The van der Waals surface area contributed by atoms with Crippen molar-refractivity contribution in [3.63, 3.8) is 0 Å². The van der Waals surface area contributed by atoms with Gasteiger partial charge in [0.05, 0.1) is 0 Å². The Morgan fingerprint density at radius 3 is 2.12 bits per heavy atom. The van der Waals surface area contributed by atoms with Gasteiger partial charge in [-0.05, 0) is 18.1 Å². The van der Waals surface area contributed by atoms with Gasteiger partial charge in [-0.15, -0.1) is 0 Å². The van der Waals surface area contributed by atoms with Gasteiger partial charge in [0.25, 0.3) is 0 Å². The molecule has 0 aliphatic rings. The smallest absolute Gasteiger partial charge is 0.0140 e. The number of hydrogen-bond donors (Lipinski definition) is 0. The predicted octanol–water partition coefficient (Wildman–Crippen LogP) is 4.65. The fraction of sp³-hybridized carbons (Fsp3) is 0.250. The fourth-order valence-electron chi connectivity index (χ4n) is 1.49. The second-order valence-electron chi connectivity index (χ2n) is 4.70. The predicted molar refractivity (Wildman–Crippen MR) is 72.6 cm³/mol. The summed E-state index contributed by atoms with van der Waals surface area (Å²) >= 11 is 0. The van der Waals surface area contributed by atoms with Crippen LogP contribution in [0, 0.1) is 0 Å². The fourth-order valence-corrected chi connectivity index (χ4v) is 1.49. The second kappa shape index (κ2) is 4.98. The first-order valence-corrected chi connectivity index (χ1v) is 5.53. The molecule has 84 valence electrons. The topological polar surface area (TPSA) is 0 Å². The largest absolute Gasteiger partial charge is 0.0961 e. The van der Waals surface area contributed by atoms with Crippen molar-refractivity contribution in [2.75, 3.05) is 0 Å². The van der Waals surface area contributed by atoms with E-state index in [1.165, 1.54) is 5.56 Å². The van der Waals surface area contributed by atoms with Crippen molar-refractivity contribution < 1.29 is 0 Å². The zero-order valence-electron chi connectivity index (χ0n) is 10.5. The normalized spacial score (nSPS) is 11.7. The van der Waals surface area contributed by atoms with Gasteiger partial charge in [0.2, 0.25) is 0 Å². The van der Waals surface area contributed by atoms with Crippen LogP contribution in [0.2, 0.25) is 0 Å². The molecular formula is C16H20. The minimum Gasteiger partial charge on any atom is -0.0961 e. The number of benzene rings is 1. The maximum Gasteiger partial charge on any atom is 0.0140 e. The van der Waals surface area contributed by atoms with Gasteiger partial charge in [0.1, 0.15) is 0 Å². The monoisotopic (exact) mass is 212 g/mol. The van der Waals surface area contributed by atoms with Gasteiger partial charge >= 0.3 is 0 Å². The summed E-state index contributed by atoms with van der Waals surface area (Å²) in [6.07, 6.45) is 4.06. The molecule has 0 nitrogen and oxygen atoms in total. The lowest BCUT2D eigenvalue weighted by Crippen LogP contribution is -2.18. The molecule has 0 heterocycles. The van der Waals surface area contributed by atoms with Crippen molar-refractivity contribution in [1.29, 1.82) is 0 Å². The minimum absolute atomic E-state index is 0.0345. The van der Waals surface area contributed by atoms with Crippen molar-refractivity contribution >= 4 is 0 Å². The molecular weight excluding hydrogens is 192 g/mol. The molecule has 0 aliphatic heterocycles. The van der Waals surface area contributed by atoms with E-state index < -0.39 is 0 Å². The molecule has 0 atom stereocenters. The van der Waals surface area contributed by atoms with Gasteiger partial charge in [0.15, 0.2) is 0 Å². The first kappa shape index (κ1) is 12.5. The molecule has 0 radical (unpaired) electrons. The third-order valence-electron chi connectivity index (χ3n) is 2.87. The Balaban J connectivity index is 2.94. The summed E-state index contributed by atoms with van der Waals surface area (Å²) < 4.78 is 0. The highest BCUT2D eigenvalue weighted by Crippen LogP contribution is 2.30. The van der Waals surface area contributed by atoms with E-state index in [-0.39, 0.29) is 5.41 Å². The lowest BCUT2D eigenvalue weighted by atomic mass is 9.78. The van der Waals surface area contributed by atoms with E-state index >= 15 is 0 Å². The summed E-state index contributed by atoms with van der Waals surface area (Å²) in [6.45, 7) is 14.4. The Kier molecular flexibility index (Phi) is 3.89. The first-order chi connectivity index (χ1) is 7.44. The Morgan fingerprint density at radius 1 is 1.06 bits per heavy atom. The van der Waals surface area contributed by atoms with Gasteiger partial charge < -0.3 is 0 Å². The first-order valence-electron chi connectivity index (χ1n) is 5.53. The molecule has 0 amide bonds. The zero-order chi connectivity index (χ0) is 12.2. The average molecular weight is 212 g/mol. The van der Waals surface area contributed by atoms with Gasteiger partial charge in [0, 0.05) is 5.41 Å². The molecule has 0 saturated heterocycles. The zero-order valence-corrected chi connectivity index (χ0v) is 10.5. The minimum atomic E-state index is -0.0345. The highest BCUT2D eigenvalue weighted by molar-refractivity contribution is 5.39. The Bertz CT molecular complexity index is 405. The van der Waals surface area contributed by atoms with Crippen molar-refractivity contribution in [3.05, 3.63) is 72.4 Å². The maximum atomic E-state index is 4.15. The number of rotatable bonds is 4. The quantitative estimate of drug-likeness (QED) is 0.637. The highest BCUT2D eigenvalue weighted by atomic mass is 14.3. The number of hydrogen-bond acceptors (Lipinski definition) is 0. The maximum absolute atomic E-state index is 4.15. The molecule has 1 aromatic rings. The SMILES string of the molecule is C=C(C)/C=C\C(=C)C(C)(C)c1ccccc1. The van der Waals surface area contributed by atoms with Crippen LogP contribution >= 0.6 is 0 Å². The van der Waals surface area contributed by atoms with Crippen LogP contribution in [0.5, 0.6) is 0 Å². The van der Waals surface area contributed by atoms with E-state index in [0.29, 0.717) is 0 Å². The third-order valence-corrected chi connectivity index (χ3v) is 2.87. The second-order valence-corrected chi connectivity index (χ2v) is 4.70. The summed E-state index contributed by atoms with van der Waals surface area (Å²) in [5.74, 6) is 0. The van der Waals surface area contributed by atoms with E-state index in [0.717, 1.165) is 11.1 Å². The lowest BCUT2D eigenvalue weighted by molar-refractivity contribution is 0.641. The Morgan fingerprint density at radius 2 is 1.62 bits per heavy atom. The van der Waals surface area contributed by atoms with E-state index in [2.05, 4.69) is 57.3 Å². The van der Waals surface area contributed by atoms with Crippen LogP contribution in [0.3, 0.4) is 0 Å². The van der Waals surface area contributed by atoms with Gasteiger partial charge in [-0.2, -0.15) is 0 Å². The van der Waals surface area contributed by atoms with Crippen molar-refractivity contribution in [3.8, 4) is 0 Å². The van der Waals surface area contributed by atoms with Crippen LogP contribution < -0.4 is 0 Å². The molecule has 1 rings (SSSR count). The van der Waals surface area contributed by atoms with Crippen LogP contribution in [0.4, 0.5) is 0 Å². The molecule has 0 heteroatoms.